The summed E-state index contributed by atoms with van der Waals surface area (Å²) in [6.07, 6.45) is 0. The average molecular weight is 213 g/mol. The van der Waals surface area contributed by atoms with Gasteiger partial charge in [-0.2, -0.15) is 0 Å². The summed E-state index contributed by atoms with van der Waals surface area (Å²) in [5, 5.41) is -0.330. The van der Waals surface area contributed by atoms with Crippen molar-refractivity contribution in [1.82, 2.24) is 0 Å². The zero-order valence-electron chi connectivity index (χ0n) is 8.24. The minimum absolute atomic E-state index is 0.283. The number of carbonyl (C=O) groups excluding carboxylic acids is 1. The molecule has 1 rings (SSSR count). The second-order valence-corrected chi connectivity index (χ2v) is 3.59. The van der Waals surface area contributed by atoms with Crippen LogP contribution in [-0.2, 0) is 9.53 Å². The SMILES string of the molecule is COC(=O)[C@@H](C)[C@H](Cl)c1ccccc1. The molecule has 3 heteroatoms. The van der Waals surface area contributed by atoms with Crippen molar-refractivity contribution in [2.75, 3.05) is 7.11 Å². The second-order valence-electron chi connectivity index (χ2n) is 3.12. The smallest absolute Gasteiger partial charge is 0.310 e. The Morgan fingerprint density at radius 2 is 1.93 bits per heavy atom. The van der Waals surface area contributed by atoms with Crippen molar-refractivity contribution in [2.24, 2.45) is 5.92 Å². The number of hydrogen-bond acceptors (Lipinski definition) is 2. The van der Waals surface area contributed by atoms with Gasteiger partial charge in [-0.1, -0.05) is 37.3 Å². The average Bonchev–Trinajstić information content (AvgIpc) is 2.27. The fourth-order valence-corrected chi connectivity index (χ4v) is 1.48. The van der Waals surface area contributed by atoms with Crippen LogP contribution in [0.3, 0.4) is 0 Å². The Balaban J connectivity index is 2.75. The molecule has 0 aliphatic rings. The van der Waals surface area contributed by atoms with Gasteiger partial charge in [0.1, 0.15) is 0 Å². The fraction of sp³-hybridized carbons (Fsp3) is 0.364. The van der Waals surface area contributed by atoms with E-state index in [9.17, 15) is 4.79 Å². The van der Waals surface area contributed by atoms with Crippen molar-refractivity contribution in [3.05, 3.63) is 35.9 Å². The maximum atomic E-state index is 11.2. The Morgan fingerprint density at radius 3 is 2.43 bits per heavy atom. The maximum absolute atomic E-state index is 11.2. The van der Waals surface area contributed by atoms with Gasteiger partial charge in [-0.3, -0.25) is 4.79 Å². The van der Waals surface area contributed by atoms with Crippen LogP contribution >= 0.6 is 11.6 Å². The van der Waals surface area contributed by atoms with Gasteiger partial charge in [-0.15, -0.1) is 11.6 Å². The van der Waals surface area contributed by atoms with Gasteiger partial charge >= 0.3 is 5.97 Å². The lowest BCUT2D eigenvalue weighted by Gasteiger charge is -2.15. The summed E-state index contributed by atoms with van der Waals surface area (Å²) in [5.74, 6) is -0.613. The predicted octanol–water partition coefficient (Wildman–Crippen LogP) is 2.78. The normalized spacial score (nSPS) is 14.5. The van der Waals surface area contributed by atoms with E-state index in [0.717, 1.165) is 5.56 Å². The van der Waals surface area contributed by atoms with Crippen molar-refractivity contribution >= 4 is 17.6 Å². The fourth-order valence-electron chi connectivity index (χ4n) is 1.23. The number of hydrogen-bond donors (Lipinski definition) is 0. The molecule has 0 aliphatic carbocycles. The molecule has 0 aromatic heterocycles. The van der Waals surface area contributed by atoms with Crippen LogP contribution in [0.1, 0.15) is 17.9 Å². The monoisotopic (exact) mass is 212 g/mol. The minimum atomic E-state index is -0.330. The van der Waals surface area contributed by atoms with Gasteiger partial charge in [0.15, 0.2) is 0 Å². The van der Waals surface area contributed by atoms with Crippen LogP contribution in [0.15, 0.2) is 30.3 Å². The van der Waals surface area contributed by atoms with Gasteiger partial charge in [-0.05, 0) is 5.56 Å². The van der Waals surface area contributed by atoms with Gasteiger partial charge in [0.25, 0.3) is 0 Å². The molecule has 0 radical (unpaired) electrons. The molecule has 0 unspecified atom stereocenters. The van der Waals surface area contributed by atoms with Gasteiger partial charge in [0, 0.05) is 0 Å². The molecule has 2 nitrogen and oxygen atoms in total. The highest BCUT2D eigenvalue weighted by Gasteiger charge is 2.23. The third-order valence-corrected chi connectivity index (χ3v) is 2.76. The van der Waals surface area contributed by atoms with Crippen LogP contribution in [0.25, 0.3) is 0 Å². The van der Waals surface area contributed by atoms with Crippen LogP contribution < -0.4 is 0 Å². The number of benzene rings is 1. The van der Waals surface area contributed by atoms with Crippen LogP contribution in [0.4, 0.5) is 0 Å². The third-order valence-electron chi connectivity index (χ3n) is 2.13. The molecule has 0 fully saturated rings. The summed E-state index contributed by atoms with van der Waals surface area (Å²) < 4.78 is 4.63. The first-order chi connectivity index (χ1) is 6.66. The van der Waals surface area contributed by atoms with E-state index in [1.165, 1.54) is 7.11 Å². The number of alkyl halides is 1. The number of halogens is 1. The Hall–Kier alpha value is -1.02. The summed E-state index contributed by atoms with van der Waals surface area (Å²) in [5.41, 5.74) is 0.937. The molecule has 1 aromatic carbocycles. The summed E-state index contributed by atoms with van der Waals surface area (Å²) in [4.78, 5) is 11.2. The van der Waals surface area contributed by atoms with Crippen molar-refractivity contribution in [3.63, 3.8) is 0 Å². The van der Waals surface area contributed by atoms with Gasteiger partial charge in [-0.25, -0.2) is 0 Å². The van der Waals surface area contributed by atoms with E-state index in [1.807, 2.05) is 30.3 Å². The number of carbonyl (C=O) groups is 1. The quantitative estimate of drug-likeness (QED) is 0.569. The first kappa shape index (κ1) is 11.1. The molecular formula is C11H13ClO2. The molecule has 1 aromatic rings. The van der Waals surface area contributed by atoms with E-state index in [1.54, 1.807) is 6.92 Å². The molecule has 76 valence electrons. The highest BCUT2D eigenvalue weighted by atomic mass is 35.5. The van der Waals surface area contributed by atoms with Crippen LogP contribution in [0.5, 0.6) is 0 Å². The molecule has 0 spiro atoms. The molecule has 0 saturated carbocycles. The summed E-state index contributed by atoms with van der Waals surface area (Å²) in [7, 11) is 1.37. The molecule has 0 amide bonds. The molecule has 0 aliphatic heterocycles. The molecule has 2 atom stereocenters. The molecule has 0 bridgehead atoms. The van der Waals surface area contributed by atoms with Gasteiger partial charge in [0.2, 0.25) is 0 Å². The number of ether oxygens (including phenoxy) is 1. The maximum Gasteiger partial charge on any atom is 0.310 e. The topological polar surface area (TPSA) is 26.3 Å². The van der Waals surface area contributed by atoms with Crippen molar-refractivity contribution in [1.29, 1.82) is 0 Å². The Kier molecular flexibility index (Phi) is 3.96. The molecular weight excluding hydrogens is 200 g/mol. The zero-order chi connectivity index (χ0) is 10.6. The van der Waals surface area contributed by atoms with Gasteiger partial charge < -0.3 is 4.74 Å². The summed E-state index contributed by atoms with van der Waals surface area (Å²) in [6, 6.07) is 9.51. The first-order valence-electron chi connectivity index (χ1n) is 4.43. The molecule has 0 heterocycles. The van der Waals surface area contributed by atoms with Crippen LogP contribution in [-0.4, -0.2) is 13.1 Å². The van der Waals surface area contributed by atoms with Crippen LogP contribution in [0, 0.1) is 5.92 Å². The summed E-state index contributed by atoms with van der Waals surface area (Å²) in [6.45, 7) is 1.76. The van der Waals surface area contributed by atoms with E-state index >= 15 is 0 Å². The lowest BCUT2D eigenvalue weighted by atomic mass is 10.0. The molecule has 14 heavy (non-hydrogen) atoms. The van der Waals surface area contributed by atoms with E-state index < -0.39 is 0 Å². The van der Waals surface area contributed by atoms with E-state index in [0.29, 0.717) is 0 Å². The molecule has 0 saturated heterocycles. The van der Waals surface area contributed by atoms with Crippen LogP contribution in [0.2, 0.25) is 0 Å². The van der Waals surface area contributed by atoms with Crippen molar-refractivity contribution in [2.45, 2.75) is 12.3 Å². The van der Waals surface area contributed by atoms with Crippen molar-refractivity contribution in [3.8, 4) is 0 Å². The van der Waals surface area contributed by atoms with E-state index in [-0.39, 0.29) is 17.3 Å². The second kappa shape index (κ2) is 5.01. The Morgan fingerprint density at radius 1 is 1.36 bits per heavy atom. The Labute approximate surface area is 88.8 Å². The first-order valence-corrected chi connectivity index (χ1v) is 4.87. The number of methoxy groups -OCH3 is 1. The predicted molar refractivity (Wildman–Crippen MR) is 56.2 cm³/mol. The standard InChI is InChI=1S/C11H13ClO2/c1-8(11(13)14-2)10(12)9-6-4-3-5-7-9/h3-8,10H,1-2H3/t8-,10-/m0/s1. The minimum Gasteiger partial charge on any atom is -0.469 e. The largest absolute Gasteiger partial charge is 0.469 e. The Bertz CT molecular complexity index is 297. The van der Waals surface area contributed by atoms with E-state index in [4.69, 9.17) is 11.6 Å². The number of rotatable bonds is 3. The number of esters is 1. The highest BCUT2D eigenvalue weighted by Crippen LogP contribution is 2.29. The third kappa shape index (κ3) is 2.48. The van der Waals surface area contributed by atoms with Gasteiger partial charge in [0.05, 0.1) is 18.4 Å². The zero-order valence-corrected chi connectivity index (χ0v) is 8.99. The molecule has 0 N–H and O–H groups in total. The van der Waals surface area contributed by atoms with Crippen molar-refractivity contribution < 1.29 is 9.53 Å². The summed E-state index contributed by atoms with van der Waals surface area (Å²) >= 11 is 6.13. The van der Waals surface area contributed by atoms with E-state index in [2.05, 4.69) is 4.74 Å². The lowest BCUT2D eigenvalue weighted by Crippen LogP contribution is -2.17. The highest BCUT2D eigenvalue weighted by molar-refractivity contribution is 6.22. The lowest BCUT2D eigenvalue weighted by molar-refractivity contribution is -0.144.